The summed E-state index contributed by atoms with van der Waals surface area (Å²) in [6.07, 6.45) is 5.11. The molecule has 0 amide bonds. The molecule has 0 bridgehead atoms. The highest BCUT2D eigenvalue weighted by molar-refractivity contribution is 5.16. The maximum absolute atomic E-state index is 13.2. The Morgan fingerprint density at radius 3 is 3.11 bits per heavy atom. The number of nitrogens with one attached hydrogen (secondary N) is 1. The van der Waals surface area contributed by atoms with Gasteiger partial charge in [0, 0.05) is 18.6 Å². The number of hydrogen-bond acceptors (Lipinski definition) is 2. The highest BCUT2D eigenvalue weighted by atomic mass is 19.1. The summed E-state index contributed by atoms with van der Waals surface area (Å²) >= 11 is 0. The number of benzene rings is 1. The zero-order valence-electron chi connectivity index (χ0n) is 10.7. The molecule has 0 saturated carbocycles. The Bertz CT molecular complexity index is 407. The Hall–Kier alpha value is -0.930. The van der Waals surface area contributed by atoms with E-state index in [1.54, 1.807) is 6.07 Å². The molecule has 0 aromatic heterocycles. The molecule has 2 fully saturated rings. The molecule has 0 radical (unpaired) electrons. The molecule has 2 atom stereocenters. The third-order valence-electron chi connectivity index (χ3n) is 4.27. The second-order valence-corrected chi connectivity index (χ2v) is 5.51. The third kappa shape index (κ3) is 2.57. The van der Waals surface area contributed by atoms with E-state index in [0.29, 0.717) is 12.1 Å². The van der Waals surface area contributed by atoms with Gasteiger partial charge in [-0.05, 0) is 50.0 Å². The molecular formula is C15H21FN2. The van der Waals surface area contributed by atoms with Crippen LogP contribution in [0.4, 0.5) is 4.39 Å². The lowest BCUT2D eigenvalue weighted by atomic mass is 10.0. The van der Waals surface area contributed by atoms with Gasteiger partial charge in [-0.1, -0.05) is 18.6 Å². The SMILES string of the molecule is Fc1cccc(CN2CCCC[C@H]3NCC[C@H]32)c1. The molecule has 98 valence electrons. The monoisotopic (exact) mass is 248 g/mol. The first-order valence-electron chi connectivity index (χ1n) is 7.05. The van der Waals surface area contributed by atoms with E-state index in [-0.39, 0.29) is 5.82 Å². The molecule has 0 unspecified atom stereocenters. The lowest BCUT2D eigenvalue weighted by Crippen LogP contribution is -2.41. The second-order valence-electron chi connectivity index (χ2n) is 5.51. The van der Waals surface area contributed by atoms with Crippen molar-refractivity contribution >= 4 is 0 Å². The molecule has 1 N–H and O–H groups in total. The zero-order chi connectivity index (χ0) is 12.4. The van der Waals surface area contributed by atoms with Crippen molar-refractivity contribution in [3.05, 3.63) is 35.6 Å². The predicted octanol–water partition coefficient (Wildman–Crippen LogP) is 2.54. The Morgan fingerprint density at radius 1 is 1.28 bits per heavy atom. The molecule has 1 aromatic rings. The Kier molecular flexibility index (Phi) is 3.62. The number of nitrogens with zero attached hydrogens (tertiary/aromatic N) is 1. The van der Waals surface area contributed by atoms with Crippen LogP contribution in [0, 0.1) is 5.82 Å². The van der Waals surface area contributed by atoms with Gasteiger partial charge in [0.05, 0.1) is 0 Å². The van der Waals surface area contributed by atoms with E-state index in [9.17, 15) is 4.39 Å². The van der Waals surface area contributed by atoms with Crippen molar-refractivity contribution in [2.75, 3.05) is 13.1 Å². The van der Waals surface area contributed by atoms with E-state index >= 15 is 0 Å². The van der Waals surface area contributed by atoms with Crippen molar-refractivity contribution in [2.45, 2.75) is 44.3 Å². The van der Waals surface area contributed by atoms with Gasteiger partial charge in [-0.2, -0.15) is 0 Å². The van der Waals surface area contributed by atoms with Crippen LogP contribution in [0.2, 0.25) is 0 Å². The van der Waals surface area contributed by atoms with Gasteiger partial charge in [0.1, 0.15) is 5.82 Å². The van der Waals surface area contributed by atoms with Crippen molar-refractivity contribution in [2.24, 2.45) is 0 Å². The molecule has 0 spiro atoms. The molecule has 2 saturated heterocycles. The quantitative estimate of drug-likeness (QED) is 0.865. The average molecular weight is 248 g/mol. The smallest absolute Gasteiger partial charge is 0.123 e. The third-order valence-corrected chi connectivity index (χ3v) is 4.27. The summed E-state index contributed by atoms with van der Waals surface area (Å²) in [7, 11) is 0. The van der Waals surface area contributed by atoms with Crippen LogP contribution in [-0.2, 0) is 6.54 Å². The molecule has 2 aliphatic heterocycles. The predicted molar refractivity (Wildman–Crippen MR) is 70.9 cm³/mol. The van der Waals surface area contributed by atoms with Crippen LogP contribution < -0.4 is 5.32 Å². The standard InChI is InChI=1S/C15H21FN2/c16-13-5-3-4-12(10-13)11-18-9-2-1-6-14-15(18)7-8-17-14/h3-5,10,14-15,17H,1-2,6-9,11H2/t14-,15-/m1/s1. The largest absolute Gasteiger partial charge is 0.312 e. The van der Waals surface area contributed by atoms with E-state index in [1.807, 2.05) is 12.1 Å². The fourth-order valence-electron chi connectivity index (χ4n) is 3.40. The van der Waals surface area contributed by atoms with Crippen molar-refractivity contribution in [1.82, 2.24) is 10.2 Å². The first-order valence-corrected chi connectivity index (χ1v) is 7.05. The minimum atomic E-state index is -0.122. The lowest BCUT2D eigenvalue weighted by molar-refractivity contribution is 0.186. The van der Waals surface area contributed by atoms with Gasteiger partial charge in [-0.15, -0.1) is 0 Å². The molecule has 18 heavy (non-hydrogen) atoms. The number of halogens is 1. The topological polar surface area (TPSA) is 15.3 Å². The molecule has 2 heterocycles. The van der Waals surface area contributed by atoms with Crippen molar-refractivity contribution in [3.8, 4) is 0 Å². The highest BCUT2D eigenvalue weighted by Gasteiger charge is 2.32. The highest BCUT2D eigenvalue weighted by Crippen LogP contribution is 2.25. The molecule has 2 aliphatic rings. The van der Waals surface area contributed by atoms with Gasteiger partial charge in [0.2, 0.25) is 0 Å². The average Bonchev–Trinajstić information content (AvgIpc) is 2.74. The first-order chi connectivity index (χ1) is 8.83. The van der Waals surface area contributed by atoms with Gasteiger partial charge in [-0.25, -0.2) is 4.39 Å². The summed E-state index contributed by atoms with van der Waals surface area (Å²) in [5.41, 5.74) is 1.10. The molecular weight excluding hydrogens is 227 g/mol. The Morgan fingerprint density at radius 2 is 2.22 bits per heavy atom. The molecule has 0 aliphatic carbocycles. The van der Waals surface area contributed by atoms with E-state index in [4.69, 9.17) is 0 Å². The normalized spacial score (nSPS) is 28.9. The minimum Gasteiger partial charge on any atom is -0.312 e. The van der Waals surface area contributed by atoms with Crippen molar-refractivity contribution in [3.63, 3.8) is 0 Å². The van der Waals surface area contributed by atoms with Crippen molar-refractivity contribution < 1.29 is 4.39 Å². The summed E-state index contributed by atoms with van der Waals surface area (Å²) in [4.78, 5) is 2.55. The van der Waals surface area contributed by atoms with Crippen LogP contribution >= 0.6 is 0 Å². The molecule has 3 heteroatoms. The van der Waals surface area contributed by atoms with Crippen molar-refractivity contribution in [1.29, 1.82) is 0 Å². The van der Waals surface area contributed by atoms with Crippen LogP contribution in [0.5, 0.6) is 0 Å². The number of likely N-dealkylation sites (tertiary alicyclic amines) is 1. The van der Waals surface area contributed by atoms with Gasteiger partial charge in [0.25, 0.3) is 0 Å². The van der Waals surface area contributed by atoms with Crippen LogP contribution in [0.15, 0.2) is 24.3 Å². The van der Waals surface area contributed by atoms with Crippen LogP contribution in [0.1, 0.15) is 31.2 Å². The van der Waals surface area contributed by atoms with Crippen LogP contribution in [0.3, 0.4) is 0 Å². The van der Waals surface area contributed by atoms with Crippen LogP contribution in [-0.4, -0.2) is 30.1 Å². The van der Waals surface area contributed by atoms with E-state index in [1.165, 1.54) is 31.7 Å². The van der Waals surface area contributed by atoms with Crippen LogP contribution in [0.25, 0.3) is 0 Å². The molecule has 2 nitrogen and oxygen atoms in total. The number of rotatable bonds is 2. The Balaban J connectivity index is 1.73. The lowest BCUT2D eigenvalue weighted by Gasteiger charge is -2.30. The minimum absolute atomic E-state index is 0.122. The first kappa shape index (κ1) is 12.1. The fourth-order valence-corrected chi connectivity index (χ4v) is 3.40. The second kappa shape index (κ2) is 5.37. The summed E-state index contributed by atoms with van der Waals surface area (Å²) in [6, 6.07) is 8.34. The number of fused-ring (bicyclic) bond motifs is 1. The van der Waals surface area contributed by atoms with Gasteiger partial charge in [-0.3, -0.25) is 4.90 Å². The molecule has 1 aromatic carbocycles. The zero-order valence-corrected chi connectivity index (χ0v) is 10.7. The van der Waals surface area contributed by atoms with Gasteiger partial charge in [0.15, 0.2) is 0 Å². The van der Waals surface area contributed by atoms with Gasteiger partial charge < -0.3 is 5.32 Å². The van der Waals surface area contributed by atoms with E-state index in [0.717, 1.165) is 25.2 Å². The summed E-state index contributed by atoms with van der Waals surface area (Å²) < 4.78 is 13.2. The summed E-state index contributed by atoms with van der Waals surface area (Å²) in [5.74, 6) is -0.122. The Labute approximate surface area is 108 Å². The van der Waals surface area contributed by atoms with Gasteiger partial charge >= 0.3 is 0 Å². The maximum Gasteiger partial charge on any atom is 0.123 e. The summed E-state index contributed by atoms with van der Waals surface area (Å²) in [5, 5.41) is 3.61. The number of hydrogen-bond donors (Lipinski definition) is 1. The summed E-state index contributed by atoms with van der Waals surface area (Å²) in [6.45, 7) is 3.18. The maximum atomic E-state index is 13.2. The molecule has 3 rings (SSSR count). The fraction of sp³-hybridized carbons (Fsp3) is 0.600. The van der Waals surface area contributed by atoms with E-state index < -0.39 is 0 Å². The van der Waals surface area contributed by atoms with E-state index in [2.05, 4.69) is 10.2 Å².